The summed E-state index contributed by atoms with van der Waals surface area (Å²) in [4.78, 5) is 24.9. The van der Waals surface area contributed by atoms with Gasteiger partial charge in [0.05, 0.1) is 4.90 Å². The first-order valence-electron chi connectivity index (χ1n) is 10.8. The van der Waals surface area contributed by atoms with Crippen LogP contribution in [0.2, 0.25) is 0 Å². The summed E-state index contributed by atoms with van der Waals surface area (Å²) in [5.41, 5.74) is 3.28. The normalized spacial score (nSPS) is 11.2. The lowest BCUT2D eigenvalue weighted by atomic mass is 10.0. The van der Waals surface area contributed by atoms with E-state index in [0.717, 1.165) is 11.8 Å². The molecule has 3 rings (SSSR count). The summed E-state index contributed by atoms with van der Waals surface area (Å²) >= 11 is 0. The molecule has 0 aliphatic carbocycles. The van der Waals surface area contributed by atoms with Crippen LogP contribution in [0.25, 0.3) is 0 Å². The van der Waals surface area contributed by atoms with Crippen LogP contribution in [0.1, 0.15) is 41.3 Å². The zero-order chi connectivity index (χ0) is 24.9. The Morgan fingerprint density at radius 1 is 0.941 bits per heavy atom. The van der Waals surface area contributed by atoms with Crippen LogP contribution in [0.5, 0.6) is 5.75 Å². The first-order chi connectivity index (χ1) is 16.0. The average molecular weight is 481 g/mol. The van der Waals surface area contributed by atoms with Crippen LogP contribution in [-0.2, 0) is 14.6 Å². The van der Waals surface area contributed by atoms with Crippen molar-refractivity contribution in [1.29, 1.82) is 0 Å². The Hall–Kier alpha value is -3.65. The lowest BCUT2D eigenvalue weighted by Gasteiger charge is -2.12. The summed E-state index contributed by atoms with van der Waals surface area (Å²) < 4.78 is 29.0. The van der Waals surface area contributed by atoms with Gasteiger partial charge in [-0.05, 0) is 72.5 Å². The molecule has 3 aromatic carbocycles. The first kappa shape index (κ1) is 25.0. The second kappa shape index (κ2) is 10.5. The van der Waals surface area contributed by atoms with E-state index in [0.29, 0.717) is 23.0 Å². The molecule has 7 nitrogen and oxygen atoms in total. The fourth-order valence-corrected chi connectivity index (χ4v) is 3.91. The van der Waals surface area contributed by atoms with Gasteiger partial charge in [-0.3, -0.25) is 9.59 Å². The van der Waals surface area contributed by atoms with Crippen molar-refractivity contribution in [3.05, 3.63) is 83.4 Å². The van der Waals surface area contributed by atoms with E-state index in [1.165, 1.54) is 23.8 Å². The molecule has 0 aliphatic rings. The number of aryl methyl sites for hydroxylation is 1. The number of benzene rings is 3. The van der Waals surface area contributed by atoms with Crippen LogP contribution in [-0.4, -0.2) is 33.1 Å². The summed E-state index contributed by atoms with van der Waals surface area (Å²) in [5, 5.41) is 5.55. The number of rotatable bonds is 8. The van der Waals surface area contributed by atoms with E-state index in [4.69, 9.17) is 4.74 Å². The molecule has 0 atom stereocenters. The lowest BCUT2D eigenvalue weighted by Crippen LogP contribution is -2.20. The van der Waals surface area contributed by atoms with E-state index >= 15 is 0 Å². The van der Waals surface area contributed by atoms with E-state index in [9.17, 15) is 18.0 Å². The number of anilines is 2. The fourth-order valence-electron chi connectivity index (χ4n) is 3.24. The van der Waals surface area contributed by atoms with E-state index in [1.54, 1.807) is 31.2 Å². The molecule has 34 heavy (non-hydrogen) atoms. The van der Waals surface area contributed by atoms with Crippen molar-refractivity contribution in [1.82, 2.24) is 0 Å². The number of carbonyl (C=O) groups is 2. The van der Waals surface area contributed by atoms with E-state index in [2.05, 4.69) is 24.5 Å². The maximum Gasteiger partial charge on any atom is 0.262 e. The van der Waals surface area contributed by atoms with Gasteiger partial charge < -0.3 is 15.4 Å². The van der Waals surface area contributed by atoms with Gasteiger partial charge in [0.15, 0.2) is 16.4 Å². The summed E-state index contributed by atoms with van der Waals surface area (Å²) in [7, 11) is -3.42. The van der Waals surface area contributed by atoms with Crippen molar-refractivity contribution in [2.45, 2.75) is 31.6 Å². The quantitative estimate of drug-likeness (QED) is 0.483. The molecule has 8 heteroatoms. The largest absolute Gasteiger partial charge is 0.484 e. The summed E-state index contributed by atoms with van der Waals surface area (Å²) in [6, 6.07) is 18.6. The Kier molecular flexibility index (Phi) is 7.73. The van der Waals surface area contributed by atoms with Gasteiger partial charge in [-0.2, -0.15) is 0 Å². The number of sulfone groups is 1. The molecule has 0 heterocycles. The molecule has 0 aliphatic heterocycles. The SMILES string of the molecule is Cc1cc(NC(=O)COc2ccc(C(C)C)cc2)ccc1NC(=O)c1cccc(S(C)(=O)=O)c1. The van der Waals surface area contributed by atoms with Crippen molar-refractivity contribution in [3.63, 3.8) is 0 Å². The molecule has 2 amide bonds. The van der Waals surface area contributed by atoms with Crippen LogP contribution in [0.15, 0.2) is 71.6 Å². The maximum atomic E-state index is 12.6. The number of hydrogen-bond donors (Lipinski definition) is 2. The van der Waals surface area contributed by atoms with Crippen LogP contribution >= 0.6 is 0 Å². The molecule has 0 aromatic heterocycles. The van der Waals surface area contributed by atoms with E-state index < -0.39 is 15.7 Å². The number of carbonyl (C=O) groups excluding carboxylic acids is 2. The lowest BCUT2D eigenvalue weighted by molar-refractivity contribution is -0.118. The van der Waals surface area contributed by atoms with Crippen molar-refractivity contribution in [2.24, 2.45) is 0 Å². The predicted molar refractivity (Wildman–Crippen MR) is 133 cm³/mol. The van der Waals surface area contributed by atoms with Gasteiger partial charge >= 0.3 is 0 Å². The van der Waals surface area contributed by atoms with Crippen LogP contribution in [0.3, 0.4) is 0 Å². The van der Waals surface area contributed by atoms with Gasteiger partial charge in [-0.15, -0.1) is 0 Å². The molecule has 0 fully saturated rings. The number of hydrogen-bond acceptors (Lipinski definition) is 5. The Morgan fingerprint density at radius 3 is 2.26 bits per heavy atom. The Balaban J connectivity index is 1.59. The second-order valence-corrected chi connectivity index (χ2v) is 10.4. The maximum absolute atomic E-state index is 12.6. The van der Waals surface area contributed by atoms with Gasteiger partial charge in [-0.25, -0.2) is 8.42 Å². The standard InChI is InChI=1S/C26H28N2O5S/c1-17(2)19-8-11-22(12-9-19)33-16-25(29)27-21-10-13-24(18(3)14-21)28-26(30)20-6-5-7-23(15-20)34(4,31)32/h5-15,17H,16H2,1-4H3,(H,27,29)(H,28,30). The topological polar surface area (TPSA) is 102 Å². The van der Waals surface area contributed by atoms with Crippen LogP contribution in [0.4, 0.5) is 11.4 Å². The van der Waals surface area contributed by atoms with Gasteiger partial charge in [0.2, 0.25) is 0 Å². The average Bonchev–Trinajstić information content (AvgIpc) is 2.79. The molecule has 0 unspecified atom stereocenters. The Labute approximate surface area is 200 Å². The van der Waals surface area contributed by atoms with Gasteiger partial charge in [-0.1, -0.05) is 32.0 Å². The highest BCUT2D eigenvalue weighted by molar-refractivity contribution is 7.90. The minimum absolute atomic E-state index is 0.0769. The number of ether oxygens (including phenoxy) is 1. The minimum atomic E-state index is -3.42. The van der Waals surface area contributed by atoms with E-state index in [1.807, 2.05) is 24.3 Å². The third kappa shape index (κ3) is 6.68. The van der Waals surface area contributed by atoms with Gasteiger partial charge in [0.1, 0.15) is 5.75 Å². The molecular formula is C26H28N2O5S. The fraction of sp³-hybridized carbons (Fsp3) is 0.231. The van der Waals surface area contributed by atoms with Crippen LogP contribution in [0, 0.1) is 6.92 Å². The molecule has 0 spiro atoms. The van der Waals surface area contributed by atoms with Crippen molar-refractivity contribution < 1.29 is 22.7 Å². The molecule has 0 saturated heterocycles. The highest BCUT2D eigenvalue weighted by Crippen LogP contribution is 2.22. The van der Waals surface area contributed by atoms with Crippen molar-refractivity contribution in [3.8, 4) is 5.75 Å². The summed E-state index contributed by atoms with van der Waals surface area (Å²) in [5.74, 6) is 0.309. The summed E-state index contributed by atoms with van der Waals surface area (Å²) in [6.07, 6.45) is 1.09. The minimum Gasteiger partial charge on any atom is -0.484 e. The molecule has 0 radical (unpaired) electrons. The predicted octanol–water partition coefficient (Wildman–Crippen LogP) is 4.79. The second-order valence-electron chi connectivity index (χ2n) is 8.34. The van der Waals surface area contributed by atoms with Crippen molar-refractivity contribution in [2.75, 3.05) is 23.5 Å². The molecule has 3 aromatic rings. The smallest absolute Gasteiger partial charge is 0.262 e. The Bertz CT molecular complexity index is 1300. The molecule has 2 N–H and O–H groups in total. The highest BCUT2D eigenvalue weighted by atomic mass is 32.2. The summed E-state index contributed by atoms with van der Waals surface area (Å²) in [6.45, 7) is 5.89. The zero-order valence-electron chi connectivity index (χ0n) is 19.6. The van der Waals surface area contributed by atoms with Gasteiger partial charge in [0.25, 0.3) is 11.8 Å². The molecular weight excluding hydrogens is 452 g/mol. The Morgan fingerprint density at radius 2 is 1.65 bits per heavy atom. The molecule has 0 bridgehead atoms. The zero-order valence-corrected chi connectivity index (χ0v) is 20.4. The third-order valence-corrected chi connectivity index (χ3v) is 6.31. The molecule has 0 saturated carbocycles. The van der Waals surface area contributed by atoms with Gasteiger partial charge in [0, 0.05) is 23.2 Å². The van der Waals surface area contributed by atoms with E-state index in [-0.39, 0.29) is 23.0 Å². The van der Waals surface area contributed by atoms with Crippen molar-refractivity contribution >= 4 is 33.0 Å². The van der Waals surface area contributed by atoms with Crippen LogP contribution < -0.4 is 15.4 Å². The highest BCUT2D eigenvalue weighted by Gasteiger charge is 2.13. The number of nitrogens with one attached hydrogen (secondary N) is 2. The molecule has 178 valence electrons. The first-order valence-corrected chi connectivity index (χ1v) is 12.7. The number of amides is 2. The third-order valence-electron chi connectivity index (χ3n) is 5.20. The monoisotopic (exact) mass is 480 g/mol.